The van der Waals surface area contributed by atoms with Gasteiger partial charge in [-0.15, -0.1) is 0 Å². The van der Waals surface area contributed by atoms with Crippen molar-refractivity contribution in [1.82, 2.24) is 16.0 Å². The number of carboxylic acid groups (broad SMARTS) is 1. The lowest BCUT2D eigenvalue weighted by Gasteiger charge is -2.16. The summed E-state index contributed by atoms with van der Waals surface area (Å²) in [5.74, 6) is -1.56. The van der Waals surface area contributed by atoms with E-state index >= 15 is 0 Å². The van der Waals surface area contributed by atoms with Gasteiger partial charge < -0.3 is 45.7 Å². The number of nitrogens with one attached hydrogen (secondary N) is 3. The zero-order valence-corrected chi connectivity index (χ0v) is 31.4. The Bertz CT molecular complexity index is 848. The van der Waals surface area contributed by atoms with Gasteiger partial charge in [-0.1, -0.05) is 90.9 Å². The SMILES string of the molecule is CC.CC(=O)COCCOCCNC(=O)COCCOCCNC(=O)C(CN)NC(=O)CCCCCCCCCCCCCCCCC(=O)O. The number of nitrogens with two attached hydrogens (primary N) is 1. The summed E-state index contributed by atoms with van der Waals surface area (Å²) in [7, 11) is 0. The van der Waals surface area contributed by atoms with E-state index in [1.807, 2.05) is 13.8 Å². The number of ketones is 1. The topological polar surface area (TPSA) is 205 Å². The molecule has 0 aliphatic rings. The largest absolute Gasteiger partial charge is 0.481 e. The molecule has 14 heteroatoms. The number of carbonyl (C=O) groups excluding carboxylic acids is 4. The molecule has 294 valence electrons. The van der Waals surface area contributed by atoms with Crippen molar-refractivity contribution in [3.05, 3.63) is 0 Å². The number of Topliss-reactive ketones (excluding diaryl/α,β-unsaturated/α-hetero) is 1. The summed E-state index contributed by atoms with van der Waals surface area (Å²) in [5, 5.41) is 16.7. The lowest BCUT2D eigenvalue weighted by atomic mass is 10.0. The maximum Gasteiger partial charge on any atom is 0.303 e. The second kappa shape index (κ2) is 39.1. The molecule has 50 heavy (non-hydrogen) atoms. The molecule has 0 fully saturated rings. The van der Waals surface area contributed by atoms with Crippen LogP contribution in [0.15, 0.2) is 0 Å². The molecule has 0 aromatic rings. The molecule has 14 nitrogen and oxygen atoms in total. The van der Waals surface area contributed by atoms with Gasteiger partial charge in [0.15, 0.2) is 5.78 Å². The van der Waals surface area contributed by atoms with E-state index in [4.69, 9.17) is 29.8 Å². The minimum Gasteiger partial charge on any atom is -0.481 e. The zero-order valence-electron chi connectivity index (χ0n) is 31.4. The molecular weight excluding hydrogens is 648 g/mol. The molecule has 6 N–H and O–H groups in total. The lowest BCUT2D eigenvalue weighted by Crippen LogP contribution is -2.51. The number of rotatable bonds is 36. The highest BCUT2D eigenvalue weighted by molar-refractivity contribution is 5.87. The van der Waals surface area contributed by atoms with Crippen LogP contribution in [0.25, 0.3) is 0 Å². The maximum absolute atomic E-state index is 12.4. The Kier molecular flexibility index (Phi) is 38.7. The normalized spacial score (nSPS) is 11.3. The molecule has 0 saturated heterocycles. The molecule has 1 unspecified atom stereocenters. The summed E-state index contributed by atoms with van der Waals surface area (Å²) in [6.07, 6.45) is 16.3. The number of amides is 3. The third-order valence-electron chi connectivity index (χ3n) is 7.33. The molecule has 3 amide bonds. The van der Waals surface area contributed by atoms with Crippen molar-refractivity contribution in [2.24, 2.45) is 5.73 Å². The Hall–Kier alpha value is -2.65. The predicted molar refractivity (Wildman–Crippen MR) is 194 cm³/mol. The third-order valence-corrected chi connectivity index (χ3v) is 7.33. The van der Waals surface area contributed by atoms with Crippen molar-refractivity contribution < 1.29 is 48.0 Å². The number of carbonyl (C=O) groups is 5. The van der Waals surface area contributed by atoms with Gasteiger partial charge in [0.1, 0.15) is 19.3 Å². The van der Waals surface area contributed by atoms with Crippen molar-refractivity contribution in [3.8, 4) is 0 Å². The molecule has 1 atom stereocenters. The highest BCUT2D eigenvalue weighted by Crippen LogP contribution is 2.13. The molecule has 0 heterocycles. The summed E-state index contributed by atoms with van der Waals surface area (Å²) >= 11 is 0. The van der Waals surface area contributed by atoms with Crippen molar-refractivity contribution in [1.29, 1.82) is 0 Å². The van der Waals surface area contributed by atoms with Gasteiger partial charge >= 0.3 is 5.97 Å². The Morgan fingerprint density at radius 1 is 0.560 bits per heavy atom. The molecule has 0 aromatic carbocycles. The van der Waals surface area contributed by atoms with E-state index in [-0.39, 0.29) is 76.0 Å². The van der Waals surface area contributed by atoms with E-state index < -0.39 is 12.0 Å². The Balaban J connectivity index is 0. The van der Waals surface area contributed by atoms with E-state index in [0.717, 1.165) is 38.5 Å². The first-order chi connectivity index (χ1) is 24.3. The average molecular weight is 719 g/mol. The molecule has 0 radical (unpaired) electrons. The first-order valence-electron chi connectivity index (χ1n) is 18.8. The third kappa shape index (κ3) is 38.2. The molecule has 0 aliphatic carbocycles. The Morgan fingerprint density at radius 2 is 0.980 bits per heavy atom. The first-order valence-corrected chi connectivity index (χ1v) is 18.8. The lowest BCUT2D eigenvalue weighted by molar-refractivity contribution is -0.137. The van der Waals surface area contributed by atoms with E-state index in [1.54, 1.807) is 0 Å². The quantitative estimate of drug-likeness (QED) is 0.0591. The maximum atomic E-state index is 12.4. The van der Waals surface area contributed by atoms with Crippen molar-refractivity contribution in [3.63, 3.8) is 0 Å². The second-order valence-corrected chi connectivity index (χ2v) is 11.9. The molecule has 0 spiro atoms. The Labute approximate surface area is 301 Å². The van der Waals surface area contributed by atoms with Crippen LogP contribution in [0.4, 0.5) is 0 Å². The molecule has 0 bridgehead atoms. The van der Waals surface area contributed by atoms with Crippen molar-refractivity contribution >= 4 is 29.5 Å². The van der Waals surface area contributed by atoms with Gasteiger partial charge in [0.25, 0.3) is 0 Å². The molecular formula is C36H70N4O10. The first kappa shape index (κ1) is 49.5. The fourth-order valence-electron chi connectivity index (χ4n) is 4.68. The van der Waals surface area contributed by atoms with Crippen molar-refractivity contribution in [2.45, 2.75) is 130 Å². The van der Waals surface area contributed by atoms with Gasteiger partial charge in [0.05, 0.1) is 39.6 Å². The molecule has 0 aliphatic heterocycles. The average Bonchev–Trinajstić information content (AvgIpc) is 3.09. The predicted octanol–water partition coefficient (Wildman–Crippen LogP) is 3.67. The molecule has 0 rings (SSSR count). The Morgan fingerprint density at radius 3 is 1.44 bits per heavy atom. The number of hydrogen-bond acceptors (Lipinski definition) is 10. The smallest absolute Gasteiger partial charge is 0.303 e. The van der Waals surface area contributed by atoms with E-state index in [9.17, 15) is 24.0 Å². The minimum absolute atomic E-state index is 0.00277. The van der Waals surface area contributed by atoms with Crippen LogP contribution in [-0.4, -0.2) is 113 Å². The van der Waals surface area contributed by atoms with Gasteiger partial charge in [-0.2, -0.15) is 0 Å². The van der Waals surface area contributed by atoms with Crippen LogP contribution in [-0.2, 0) is 42.9 Å². The van der Waals surface area contributed by atoms with Gasteiger partial charge in [-0.05, 0) is 19.8 Å². The fourth-order valence-corrected chi connectivity index (χ4v) is 4.68. The van der Waals surface area contributed by atoms with Crippen LogP contribution in [0.1, 0.15) is 124 Å². The summed E-state index contributed by atoms with van der Waals surface area (Å²) in [6.45, 7) is 7.69. The van der Waals surface area contributed by atoms with Gasteiger partial charge in [-0.25, -0.2) is 0 Å². The van der Waals surface area contributed by atoms with Crippen LogP contribution < -0.4 is 21.7 Å². The second-order valence-electron chi connectivity index (χ2n) is 11.9. The zero-order chi connectivity index (χ0) is 37.5. The molecule has 0 aromatic heterocycles. The minimum atomic E-state index is -0.790. The van der Waals surface area contributed by atoms with Gasteiger partial charge in [0, 0.05) is 32.5 Å². The standard InChI is InChI=1S/C34H64N4O10.C2H6/c1-29(39)27-47-24-22-45-20-18-36-32(41)28-48-25-23-46-21-19-37-34(44)30(26-35)38-31(40)16-14-12-10-8-6-4-2-3-5-7-9-11-13-15-17-33(42)43;1-2/h30H,2-28,35H2,1H3,(H,36,41)(H,37,44)(H,38,40)(H,42,43);1-2H3. The van der Waals surface area contributed by atoms with Crippen LogP contribution in [0.3, 0.4) is 0 Å². The summed E-state index contributed by atoms with van der Waals surface area (Å²) in [4.78, 5) is 57.6. The van der Waals surface area contributed by atoms with Crippen LogP contribution in [0.2, 0.25) is 0 Å². The number of unbranched alkanes of at least 4 members (excludes halogenated alkanes) is 13. The fraction of sp³-hybridized carbons (Fsp3) is 0.861. The van der Waals surface area contributed by atoms with E-state index in [1.165, 1.54) is 58.3 Å². The van der Waals surface area contributed by atoms with Crippen molar-refractivity contribution in [2.75, 3.05) is 72.5 Å². The monoisotopic (exact) mass is 719 g/mol. The number of hydrogen-bond donors (Lipinski definition) is 5. The van der Waals surface area contributed by atoms with Crippen LogP contribution in [0.5, 0.6) is 0 Å². The number of ether oxygens (including phenoxy) is 4. The van der Waals surface area contributed by atoms with Crippen LogP contribution in [0, 0.1) is 0 Å². The summed E-state index contributed by atoms with van der Waals surface area (Å²) < 4.78 is 21.0. The summed E-state index contributed by atoms with van der Waals surface area (Å²) in [5.41, 5.74) is 5.70. The van der Waals surface area contributed by atoms with E-state index in [0.29, 0.717) is 32.8 Å². The summed E-state index contributed by atoms with van der Waals surface area (Å²) in [6, 6.07) is -0.790. The van der Waals surface area contributed by atoms with Gasteiger partial charge in [-0.3, -0.25) is 24.0 Å². The van der Waals surface area contributed by atoms with E-state index in [2.05, 4.69) is 16.0 Å². The highest BCUT2D eigenvalue weighted by Gasteiger charge is 2.18. The number of aliphatic carboxylic acids is 1. The number of carboxylic acids is 1. The van der Waals surface area contributed by atoms with Gasteiger partial charge in [0.2, 0.25) is 17.7 Å². The molecule has 0 saturated carbocycles. The highest BCUT2D eigenvalue weighted by atomic mass is 16.5. The van der Waals surface area contributed by atoms with Crippen LogP contribution >= 0.6 is 0 Å².